The number of ketones is 1. The molecule has 0 bridgehead atoms. The summed E-state index contributed by atoms with van der Waals surface area (Å²) in [6.07, 6.45) is 3.48. The summed E-state index contributed by atoms with van der Waals surface area (Å²) in [5, 5.41) is 0. The van der Waals surface area contributed by atoms with Crippen molar-refractivity contribution in [3.63, 3.8) is 0 Å². The van der Waals surface area contributed by atoms with Crippen LogP contribution in [0, 0.1) is 11.6 Å². The molecular weight excluding hydrogens is 380 g/mol. The molecule has 4 heteroatoms. The molecule has 0 radical (unpaired) electrons. The molecule has 3 aromatic rings. The van der Waals surface area contributed by atoms with Crippen LogP contribution in [0.15, 0.2) is 90.0 Å². The molecule has 0 amide bonds. The largest absolute Gasteiger partial charge is 0.290 e. The third-order valence-electron chi connectivity index (χ3n) is 5.00. The van der Waals surface area contributed by atoms with Crippen LogP contribution in [-0.4, -0.2) is 23.8 Å². The zero-order valence-corrected chi connectivity index (χ0v) is 16.4. The maximum Gasteiger partial charge on any atom is 0.187 e. The Kier molecular flexibility index (Phi) is 5.96. The number of nitrogens with zero attached hydrogens (tertiary/aromatic N) is 1. The molecule has 0 unspecified atom stereocenters. The predicted octanol–water partition coefficient (Wildman–Crippen LogP) is 5.52. The first-order chi connectivity index (χ1) is 14.6. The molecule has 1 saturated heterocycles. The highest BCUT2D eigenvalue weighted by Crippen LogP contribution is 2.24. The van der Waals surface area contributed by atoms with Crippen molar-refractivity contribution in [1.29, 1.82) is 0 Å². The number of Topliss-reactive ketones (excluding diaryl/α,β-unsaturated/α-hetero) is 1. The Labute approximate surface area is 174 Å². The number of halogens is 2. The molecule has 0 N–H and O–H groups in total. The van der Waals surface area contributed by atoms with Gasteiger partial charge in [0.25, 0.3) is 0 Å². The van der Waals surface area contributed by atoms with Crippen LogP contribution in [0.5, 0.6) is 0 Å². The van der Waals surface area contributed by atoms with Crippen LogP contribution in [0.4, 0.5) is 8.78 Å². The third-order valence-corrected chi connectivity index (χ3v) is 5.00. The summed E-state index contributed by atoms with van der Waals surface area (Å²) < 4.78 is 27.2. The zero-order valence-electron chi connectivity index (χ0n) is 16.4. The van der Waals surface area contributed by atoms with E-state index in [2.05, 4.69) is 4.90 Å². The van der Waals surface area contributed by atoms with Crippen molar-refractivity contribution in [1.82, 2.24) is 4.90 Å². The van der Waals surface area contributed by atoms with Gasteiger partial charge < -0.3 is 0 Å². The molecule has 30 heavy (non-hydrogen) atoms. The van der Waals surface area contributed by atoms with Gasteiger partial charge in [-0.2, -0.15) is 0 Å². The lowest BCUT2D eigenvalue weighted by Crippen LogP contribution is -2.37. The highest BCUT2D eigenvalue weighted by molar-refractivity contribution is 6.14. The van der Waals surface area contributed by atoms with Crippen LogP contribution < -0.4 is 0 Å². The lowest BCUT2D eigenvalue weighted by molar-refractivity contribution is -0.113. The van der Waals surface area contributed by atoms with Gasteiger partial charge >= 0.3 is 0 Å². The molecule has 1 fully saturated rings. The number of rotatable bonds is 4. The average Bonchev–Trinajstić information content (AvgIpc) is 2.72. The highest BCUT2D eigenvalue weighted by Gasteiger charge is 2.26. The van der Waals surface area contributed by atoms with Gasteiger partial charge in [-0.1, -0.05) is 54.6 Å². The van der Waals surface area contributed by atoms with E-state index in [1.807, 2.05) is 30.3 Å². The lowest BCUT2D eigenvalue weighted by Gasteiger charge is -2.30. The van der Waals surface area contributed by atoms with Crippen LogP contribution in [0.2, 0.25) is 0 Å². The predicted molar refractivity (Wildman–Crippen MR) is 115 cm³/mol. The van der Waals surface area contributed by atoms with E-state index in [-0.39, 0.29) is 17.4 Å². The summed E-state index contributed by atoms with van der Waals surface area (Å²) in [5.74, 6) is -0.776. The van der Waals surface area contributed by atoms with Crippen molar-refractivity contribution < 1.29 is 13.6 Å². The minimum absolute atomic E-state index is 0.0900. The number of carbonyl (C=O) groups excluding carboxylic acids is 1. The van der Waals surface area contributed by atoms with Crippen molar-refractivity contribution >= 4 is 17.9 Å². The topological polar surface area (TPSA) is 20.3 Å². The van der Waals surface area contributed by atoms with E-state index in [4.69, 9.17) is 0 Å². The molecule has 1 aliphatic rings. The van der Waals surface area contributed by atoms with E-state index >= 15 is 0 Å². The molecule has 2 nitrogen and oxygen atoms in total. The van der Waals surface area contributed by atoms with Crippen molar-refractivity contribution in [2.45, 2.75) is 6.54 Å². The van der Waals surface area contributed by atoms with E-state index in [1.165, 1.54) is 24.3 Å². The summed E-state index contributed by atoms with van der Waals surface area (Å²) in [7, 11) is 0. The third kappa shape index (κ3) is 4.97. The first-order valence-corrected chi connectivity index (χ1v) is 9.80. The Morgan fingerprint density at radius 2 is 1.27 bits per heavy atom. The SMILES string of the molecule is O=C1/C(=C/c2cccc(F)c2)CN(Cc2ccccc2)C/C1=C\c1cccc(F)c1. The van der Waals surface area contributed by atoms with Crippen molar-refractivity contribution in [3.8, 4) is 0 Å². The van der Waals surface area contributed by atoms with Gasteiger partial charge in [-0.3, -0.25) is 9.69 Å². The van der Waals surface area contributed by atoms with Gasteiger partial charge in [0, 0.05) is 30.8 Å². The zero-order chi connectivity index (χ0) is 20.9. The minimum atomic E-state index is -0.343. The number of piperidine rings is 1. The van der Waals surface area contributed by atoms with Gasteiger partial charge in [-0.15, -0.1) is 0 Å². The fourth-order valence-corrected chi connectivity index (χ4v) is 3.66. The van der Waals surface area contributed by atoms with Gasteiger partial charge in [-0.25, -0.2) is 8.78 Å². The van der Waals surface area contributed by atoms with E-state index in [1.54, 1.807) is 36.4 Å². The fraction of sp³-hybridized carbons (Fsp3) is 0.115. The van der Waals surface area contributed by atoms with E-state index in [0.29, 0.717) is 41.9 Å². The summed E-state index contributed by atoms with van der Waals surface area (Å²) in [4.78, 5) is 15.3. The number of hydrogen-bond donors (Lipinski definition) is 0. The normalized spacial score (nSPS) is 17.6. The van der Waals surface area contributed by atoms with Gasteiger partial charge in [0.05, 0.1) is 0 Å². The van der Waals surface area contributed by atoms with Crippen LogP contribution in [0.1, 0.15) is 16.7 Å². The number of benzene rings is 3. The number of likely N-dealkylation sites (tertiary alicyclic amines) is 1. The Bertz CT molecular complexity index is 1050. The molecule has 1 heterocycles. The summed E-state index contributed by atoms with van der Waals surface area (Å²) in [6.45, 7) is 1.60. The Morgan fingerprint density at radius 3 is 1.77 bits per heavy atom. The maximum atomic E-state index is 13.6. The Hall–Kier alpha value is -3.37. The first-order valence-electron chi connectivity index (χ1n) is 9.80. The highest BCUT2D eigenvalue weighted by atomic mass is 19.1. The molecule has 0 spiro atoms. The van der Waals surface area contributed by atoms with Crippen molar-refractivity contribution in [2.24, 2.45) is 0 Å². The summed E-state index contributed by atoms with van der Waals surface area (Å²) >= 11 is 0. The minimum Gasteiger partial charge on any atom is -0.290 e. The van der Waals surface area contributed by atoms with Crippen LogP contribution in [-0.2, 0) is 11.3 Å². The summed E-state index contributed by atoms with van der Waals surface area (Å²) in [6, 6.07) is 22.4. The first kappa shape index (κ1) is 19.9. The standard InChI is InChI=1S/C26H21F2NO/c27-24-10-4-8-20(14-24)12-22-17-29(16-19-6-2-1-3-7-19)18-23(26(22)30)13-21-9-5-11-25(28)15-21/h1-15H,16-18H2/b22-12+,23-13+. The Balaban J connectivity index is 1.69. The maximum absolute atomic E-state index is 13.6. The second kappa shape index (κ2) is 8.97. The quantitative estimate of drug-likeness (QED) is 0.537. The van der Waals surface area contributed by atoms with Crippen molar-refractivity contribution in [2.75, 3.05) is 13.1 Å². The van der Waals surface area contributed by atoms with Gasteiger partial charge in [0.15, 0.2) is 5.78 Å². The van der Waals surface area contributed by atoms with Crippen LogP contribution >= 0.6 is 0 Å². The molecule has 0 atom stereocenters. The molecule has 150 valence electrons. The van der Waals surface area contributed by atoms with Gasteiger partial charge in [0.2, 0.25) is 0 Å². The fourth-order valence-electron chi connectivity index (χ4n) is 3.66. The second-order valence-electron chi connectivity index (χ2n) is 7.41. The second-order valence-corrected chi connectivity index (χ2v) is 7.41. The Morgan fingerprint density at radius 1 is 0.733 bits per heavy atom. The van der Waals surface area contributed by atoms with E-state index in [0.717, 1.165) is 5.56 Å². The van der Waals surface area contributed by atoms with Gasteiger partial charge in [-0.05, 0) is 53.1 Å². The lowest BCUT2D eigenvalue weighted by atomic mass is 9.94. The summed E-state index contributed by atoms with van der Waals surface area (Å²) in [5.41, 5.74) is 3.60. The number of hydrogen-bond acceptors (Lipinski definition) is 2. The molecule has 1 aliphatic heterocycles. The van der Waals surface area contributed by atoms with Crippen molar-refractivity contribution in [3.05, 3.63) is 118 Å². The molecule has 0 saturated carbocycles. The van der Waals surface area contributed by atoms with Crippen LogP contribution in [0.3, 0.4) is 0 Å². The van der Waals surface area contributed by atoms with Gasteiger partial charge in [0.1, 0.15) is 11.6 Å². The molecular formula is C26H21F2NO. The number of carbonyl (C=O) groups is 1. The van der Waals surface area contributed by atoms with Crippen LogP contribution in [0.25, 0.3) is 12.2 Å². The monoisotopic (exact) mass is 401 g/mol. The average molecular weight is 401 g/mol. The van der Waals surface area contributed by atoms with E-state index < -0.39 is 0 Å². The molecule has 0 aromatic heterocycles. The molecule has 4 rings (SSSR count). The van der Waals surface area contributed by atoms with E-state index in [9.17, 15) is 13.6 Å². The molecule has 3 aromatic carbocycles. The smallest absolute Gasteiger partial charge is 0.187 e. The molecule has 0 aliphatic carbocycles.